The lowest BCUT2D eigenvalue weighted by atomic mass is 10.2. The monoisotopic (exact) mass is 444 g/mol. The highest BCUT2D eigenvalue weighted by Gasteiger charge is 2.16. The van der Waals surface area contributed by atoms with Crippen LogP contribution in [0.1, 0.15) is 5.56 Å². The molecule has 1 N–H and O–H groups in total. The van der Waals surface area contributed by atoms with E-state index >= 15 is 0 Å². The number of anilines is 2. The zero-order valence-electron chi connectivity index (χ0n) is 18.0. The smallest absolute Gasteiger partial charge is 0.234 e. The number of hydrogen-bond acceptors (Lipinski definition) is 6. The van der Waals surface area contributed by atoms with Crippen molar-refractivity contribution in [2.24, 2.45) is 0 Å². The Morgan fingerprint density at radius 3 is 2.38 bits per heavy atom. The minimum Gasteiger partial charge on any atom is -0.378 e. The topological polar surface area (TPSA) is 75.9 Å². The Kier molecular flexibility index (Phi) is 6.81. The van der Waals surface area contributed by atoms with Crippen molar-refractivity contribution in [1.82, 2.24) is 19.7 Å². The van der Waals surface area contributed by atoms with Crippen molar-refractivity contribution in [3.63, 3.8) is 0 Å². The summed E-state index contributed by atoms with van der Waals surface area (Å²) in [7, 11) is 4.04. The Morgan fingerprint density at radius 2 is 1.69 bits per heavy atom. The van der Waals surface area contributed by atoms with Crippen molar-refractivity contribution in [3.8, 4) is 11.4 Å². The normalized spacial score (nSPS) is 10.7. The summed E-state index contributed by atoms with van der Waals surface area (Å²) in [5.41, 5.74) is 3.97. The molecule has 0 saturated heterocycles. The fraction of sp³-hybridized carbons (Fsp3) is 0.167. The zero-order valence-corrected chi connectivity index (χ0v) is 18.8. The van der Waals surface area contributed by atoms with Gasteiger partial charge in [-0.25, -0.2) is 0 Å². The number of rotatable bonds is 8. The van der Waals surface area contributed by atoms with Crippen LogP contribution in [0.4, 0.5) is 11.4 Å². The molecule has 7 nitrogen and oxygen atoms in total. The highest BCUT2D eigenvalue weighted by molar-refractivity contribution is 7.99. The fourth-order valence-corrected chi connectivity index (χ4v) is 3.92. The molecule has 0 aliphatic carbocycles. The van der Waals surface area contributed by atoms with Crippen molar-refractivity contribution < 1.29 is 4.79 Å². The molecule has 32 heavy (non-hydrogen) atoms. The Hall–Kier alpha value is -3.65. The van der Waals surface area contributed by atoms with E-state index in [0.29, 0.717) is 11.7 Å². The number of amides is 1. The first-order valence-electron chi connectivity index (χ1n) is 10.2. The molecule has 0 unspecified atom stereocenters. The summed E-state index contributed by atoms with van der Waals surface area (Å²) >= 11 is 1.37. The van der Waals surface area contributed by atoms with Gasteiger partial charge in [0.2, 0.25) is 5.91 Å². The average Bonchev–Trinajstić information content (AvgIpc) is 3.21. The molecule has 4 aromatic rings. The van der Waals surface area contributed by atoms with Gasteiger partial charge in [0, 0.05) is 43.4 Å². The van der Waals surface area contributed by atoms with Gasteiger partial charge < -0.3 is 10.2 Å². The van der Waals surface area contributed by atoms with Crippen LogP contribution >= 0.6 is 11.8 Å². The summed E-state index contributed by atoms with van der Waals surface area (Å²) in [6.45, 7) is 0.598. The first-order valence-corrected chi connectivity index (χ1v) is 11.2. The molecule has 2 heterocycles. The molecule has 2 aromatic carbocycles. The molecule has 0 bridgehead atoms. The third-order valence-corrected chi connectivity index (χ3v) is 5.81. The Bertz CT molecular complexity index is 1160. The molecule has 0 saturated carbocycles. The molecule has 0 aliphatic rings. The van der Waals surface area contributed by atoms with E-state index in [9.17, 15) is 4.79 Å². The zero-order chi connectivity index (χ0) is 22.3. The molecule has 0 aliphatic heterocycles. The summed E-state index contributed by atoms with van der Waals surface area (Å²) in [4.78, 5) is 18.6. The Morgan fingerprint density at radius 1 is 0.969 bits per heavy atom. The van der Waals surface area contributed by atoms with E-state index in [0.717, 1.165) is 28.3 Å². The number of nitrogens with one attached hydrogen (secondary N) is 1. The molecular formula is C24H24N6OS. The number of para-hydroxylation sites is 1. The van der Waals surface area contributed by atoms with Crippen molar-refractivity contribution in [2.45, 2.75) is 11.7 Å². The fourth-order valence-electron chi connectivity index (χ4n) is 3.18. The number of benzene rings is 2. The van der Waals surface area contributed by atoms with Gasteiger partial charge in [0.05, 0.1) is 12.3 Å². The van der Waals surface area contributed by atoms with Crippen LogP contribution in [0.25, 0.3) is 11.4 Å². The van der Waals surface area contributed by atoms with Gasteiger partial charge >= 0.3 is 0 Å². The molecule has 162 valence electrons. The van der Waals surface area contributed by atoms with Gasteiger partial charge in [0.1, 0.15) is 0 Å². The van der Waals surface area contributed by atoms with Gasteiger partial charge in [0.15, 0.2) is 11.0 Å². The molecule has 2 aromatic heterocycles. The molecule has 1 amide bonds. The van der Waals surface area contributed by atoms with E-state index in [2.05, 4.69) is 49.7 Å². The van der Waals surface area contributed by atoms with E-state index in [-0.39, 0.29) is 11.7 Å². The van der Waals surface area contributed by atoms with Gasteiger partial charge in [0.25, 0.3) is 0 Å². The van der Waals surface area contributed by atoms with Crippen LogP contribution in [-0.4, -0.2) is 45.5 Å². The summed E-state index contributed by atoms with van der Waals surface area (Å²) in [6, 6.07) is 21.6. The summed E-state index contributed by atoms with van der Waals surface area (Å²) in [5, 5.41) is 12.4. The molecule has 0 fully saturated rings. The number of pyridine rings is 1. The van der Waals surface area contributed by atoms with Crippen LogP contribution in [0.3, 0.4) is 0 Å². The molecular weight excluding hydrogens is 420 g/mol. The van der Waals surface area contributed by atoms with E-state index in [1.807, 2.05) is 61.1 Å². The van der Waals surface area contributed by atoms with Gasteiger partial charge in [-0.1, -0.05) is 42.1 Å². The first-order chi connectivity index (χ1) is 15.6. The number of aromatic nitrogens is 4. The van der Waals surface area contributed by atoms with Crippen LogP contribution in [-0.2, 0) is 11.3 Å². The quantitative estimate of drug-likeness (QED) is 0.411. The summed E-state index contributed by atoms with van der Waals surface area (Å²) < 4.78 is 2.04. The SMILES string of the molecule is CN(C)c1ccc(Cn2c(SCC(=O)Nc3ccccc3)nnc2-c2ccncc2)cc1. The van der Waals surface area contributed by atoms with Gasteiger partial charge in [-0.2, -0.15) is 0 Å². The predicted octanol–water partition coefficient (Wildman–Crippen LogP) is 4.19. The van der Waals surface area contributed by atoms with Gasteiger partial charge in [-0.3, -0.25) is 14.3 Å². The molecule has 8 heteroatoms. The third-order valence-electron chi connectivity index (χ3n) is 4.84. The van der Waals surface area contributed by atoms with Crippen molar-refractivity contribution in [3.05, 3.63) is 84.7 Å². The van der Waals surface area contributed by atoms with Crippen molar-refractivity contribution in [1.29, 1.82) is 0 Å². The minimum absolute atomic E-state index is 0.0865. The lowest BCUT2D eigenvalue weighted by Crippen LogP contribution is -2.14. The second-order valence-electron chi connectivity index (χ2n) is 7.39. The highest BCUT2D eigenvalue weighted by atomic mass is 32.2. The highest BCUT2D eigenvalue weighted by Crippen LogP contribution is 2.25. The Balaban J connectivity index is 1.55. The molecule has 4 rings (SSSR count). The Labute approximate surface area is 191 Å². The van der Waals surface area contributed by atoms with E-state index < -0.39 is 0 Å². The van der Waals surface area contributed by atoms with Gasteiger partial charge in [-0.05, 0) is 42.0 Å². The third kappa shape index (κ3) is 5.33. The summed E-state index contributed by atoms with van der Waals surface area (Å²) in [6.07, 6.45) is 3.47. The van der Waals surface area contributed by atoms with Crippen LogP contribution in [0, 0.1) is 0 Å². The van der Waals surface area contributed by atoms with E-state index in [1.165, 1.54) is 11.8 Å². The van der Waals surface area contributed by atoms with Crippen molar-refractivity contribution >= 4 is 29.0 Å². The number of carbonyl (C=O) groups is 1. The largest absolute Gasteiger partial charge is 0.378 e. The maximum atomic E-state index is 12.4. The molecule has 0 spiro atoms. The average molecular weight is 445 g/mol. The lowest BCUT2D eigenvalue weighted by molar-refractivity contribution is -0.113. The minimum atomic E-state index is -0.0865. The first kappa shape index (κ1) is 21.6. The van der Waals surface area contributed by atoms with Crippen LogP contribution < -0.4 is 10.2 Å². The van der Waals surface area contributed by atoms with Crippen LogP contribution in [0.2, 0.25) is 0 Å². The number of thioether (sulfide) groups is 1. The molecule has 0 radical (unpaired) electrons. The maximum Gasteiger partial charge on any atom is 0.234 e. The van der Waals surface area contributed by atoms with Crippen molar-refractivity contribution in [2.75, 3.05) is 30.1 Å². The van der Waals surface area contributed by atoms with E-state index in [1.54, 1.807) is 12.4 Å². The lowest BCUT2D eigenvalue weighted by Gasteiger charge is -2.14. The number of hydrogen-bond donors (Lipinski definition) is 1. The second-order valence-corrected chi connectivity index (χ2v) is 8.33. The van der Waals surface area contributed by atoms with E-state index in [4.69, 9.17) is 0 Å². The van der Waals surface area contributed by atoms with Gasteiger partial charge in [-0.15, -0.1) is 10.2 Å². The number of nitrogens with zero attached hydrogens (tertiary/aromatic N) is 5. The predicted molar refractivity (Wildman–Crippen MR) is 129 cm³/mol. The summed E-state index contributed by atoms with van der Waals surface area (Å²) in [5.74, 6) is 0.898. The standard InChI is InChI=1S/C24H24N6OS/c1-29(2)21-10-8-18(9-11-21)16-30-23(19-12-14-25-15-13-19)27-28-24(30)32-17-22(31)26-20-6-4-3-5-7-20/h3-15H,16-17H2,1-2H3,(H,26,31). The number of carbonyl (C=O) groups excluding carboxylic acids is 1. The maximum absolute atomic E-state index is 12.4. The van der Waals surface area contributed by atoms with Crippen LogP contribution in [0.5, 0.6) is 0 Å². The van der Waals surface area contributed by atoms with Crippen LogP contribution in [0.15, 0.2) is 84.3 Å². The second kappa shape index (κ2) is 10.1. The molecule has 0 atom stereocenters.